The molecule has 170 valence electrons. The van der Waals surface area contributed by atoms with Crippen LogP contribution in [0.4, 0.5) is 5.69 Å². The molecule has 7 nitrogen and oxygen atoms in total. The minimum atomic E-state index is -0.107. The molecule has 33 heavy (non-hydrogen) atoms. The molecule has 2 aromatic carbocycles. The Balaban J connectivity index is 1.34. The van der Waals surface area contributed by atoms with Gasteiger partial charge in [-0.1, -0.05) is 18.2 Å². The number of hydrogen-bond acceptors (Lipinski definition) is 5. The number of anilines is 1. The lowest BCUT2D eigenvalue weighted by molar-refractivity contribution is 0.0929. The summed E-state index contributed by atoms with van der Waals surface area (Å²) in [6.45, 7) is 1.96. The number of nitrogens with one attached hydrogen (secondary N) is 2. The Labute approximate surface area is 193 Å². The van der Waals surface area contributed by atoms with Gasteiger partial charge in [-0.25, -0.2) is 0 Å². The van der Waals surface area contributed by atoms with Gasteiger partial charge < -0.3 is 20.3 Å². The Morgan fingerprint density at radius 3 is 2.45 bits per heavy atom. The number of benzene rings is 2. The molecule has 0 radical (unpaired) electrons. The molecule has 2 heterocycles. The topological polar surface area (TPSA) is 83.6 Å². The zero-order valence-electron chi connectivity index (χ0n) is 18.7. The second kappa shape index (κ2) is 10.6. The molecule has 1 aromatic heterocycles. The molecule has 4 rings (SSSR count). The summed E-state index contributed by atoms with van der Waals surface area (Å²) in [6, 6.07) is 18.7. The molecule has 2 amide bonds. The average molecular weight is 445 g/mol. The zero-order valence-corrected chi connectivity index (χ0v) is 18.7. The van der Waals surface area contributed by atoms with Gasteiger partial charge in [-0.15, -0.1) is 0 Å². The lowest BCUT2D eigenvalue weighted by atomic mass is 10.0. The van der Waals surface area contributed by atoms with E-state index in [9.17, 15) is 9.59 Å². The Kier molecular flexibility index (Phi) is 7.19. The summed E-state index contributed by atoms with van der Waals surface area (Å²) in [4.78, 5) is 31.7. The summed E-state index contributed by atoms with van der Waals surface area (Å²) in [7, 11) is 1.60. The van der Waals surface area contributed by atoms with E-state index in [1.165, 1.54) is 0 Å². The highest BCUT2D eigenvalue weighted by atomic mass is 16.5. The zero-order chi connectivity index (χ0) is 23.0. The molecule has 1 aliphatic rings. The predicted octanol–water partition coefficient (Wildman–Crippen LogP) is 3.42. The summed E-state index contributed by atoms with van der Waals surface area (Å²) in [5.41, 5.74) is 3.15. The summed E-state index contributed by atoms with van der Waals surface area (Å²) < 4.78 is 5.15. The Bertz CT molecular complexity index is 1080. The van der Waals surface area contributed by atoms with Crippen LogP contribution >= 0.6 is 0 Å². The Hall–Kier alpha value is -3.87. The molecular formula is C26H28N4O3. The van der Waals surface area contributed by atoms with Gasteiger partial charge >= 0.3 is 0 Å². The summed E-state index contributed by atoms with van der Waals surface area (Å²) in [5.74, 6) is 0.540. The van der Waals surface area contributed by atoms with Crippen molar-refractivity contribution in [2.45, 2.75) is 25.4 Å². The fourth-order valence-corrected chi connectivity index (χ4v) is 4.00. The average Bonchev–Trinajstić information content (AvgIpc) is 2.88. The van der Waals surface area contributed by atoms with Crippen molar-refractivity contribution in [3.05, 3.63) is 89.7 Å². The van der Waals surface area contributed by atoms with Crippen LogP contribution in [0.15, 0.2) is 73.1 Å². The van der Waals surface area contributed by atoms with E-state index in [-0.39, 0.29) is 17.9 Å². The third-order valence-electron chi connectivity index (χ3n) is 5.85. The van der Waals surface area contributed by atoms with E-state index in [2.05, 4.69) is 20.5 Å². The number of carbonyl (C=O) groups excluding carboxylic acids is 2. The highest BCUT2D eigenvalue weighted by Gasteiger charge is 2.24. The molecule has 0 aliphatic carbocycles. The molecule has 0 atom stereocenters. The van der Waals surface area contributed by atoms with Crippen molar-refractivity contribution >= 4 is 17.5 Å². The lowest BCUT2D eigenvalue weighted by Crippen LogP contribution is -2.45. The third-order valence-corrected chi connectivity index (χ3v) is 5.85. The molecular weight excluding hydrogens is 416 g/mol. The van der Waals surface area contributed by atoms with Crippen LogP contribution in [-0.2, 0) is 6.54 Å². The smallest absolute Gasteiger partial charge is 0.253 e. The number of carbonyl (C=O) groups is 2. The fourth-order valence-electron chi connectivity index (χ4n) is 4.00. The molecule has 0 spiro atoms. The van der Waals surface area contributed by atoms with Crippen molar-refractivity contribution in [3.8, 4) is 5.75 Å². The van der Waals surface area contributed by atoms with Crippen molar-refractivity contribution in [1.82, 2.24) is 15.6 Å². The number of ether oxygens (including phenoxy) is 1. The van der Waals surface area contributed by atoms with Gasteiger partial charge in [0, 0.05) is 49.3 Å². The second-order valence-electron chi connectivity index (χ2n) is 8.02. The van der Waals surface area contributed by atoms with E-state index in [4.69, 9.17) is 4.74 Å². The number of hydrogen-bond donors (Lipinski definition) is 2. The van der Waals surface area contributed by atoms with Crippen LogP contribution in [0.2, 0.25) is 0 Å². The predicted molar refractivity (Wildman–Crippen MR) is 128 cm³/mol. The van der Waals surface area contributed by atoms with Gasteiger partial charge in [-0.05, 0) is 60.9 Å². The van der Waals surface area contributed by atoms with E-state index in [0.717, 1.165) is 42.9 Å². The van der Waals surface area contributed by atoms with Crippen molar-refractivity contribution in [3.63, 3.8) is 0 Å². The number of aromatic nitrogens is 1. The van der Waals surface area contributed by atoms with Crippen LogP contribution in [-0.4, -0.2) is 43.0 Å². The summed E-state index contributed by atoms with van der Waals surface area (Å²) >= 11 is 0. The number of methoxy groups -OCH3 is 1. The SMILES string of the molecule is COc1ccc(C(=O)NC2CCN(c3ccccc3C(=O)NCc3cccnc3)CC2)cc1. The van der Waals surface area contributed by atoms with Crippen molar-refractivity contribution in [2.75, 3.05) is 25.1 Å². The number of para-hydroxylation sites is 1. The minimum Gasteiger partial charge on any atom is -0.497 e. The molecule has 1 saturated heterocycles. The highest BCUT2D eigenvalue weighted by molar-refractivity contribution is 5.99. The fraction of sp³-hybridized carbons (Fsp3) is 0.269. The number of rotatable bonds is 7. The first-order valence-corrected chi connectivity index (χ1v) is 11.1. The first-order chi connectivity index (χ1) is 16.1. The van der Waals surface area contributed by atoms with Gasteiger partial charge in [0.2, 0.25) is 0 Å². The maximum atomic E-state index is 12.9. The van der Waals surface area contributed by atoms with Crippen molar-refractivity contribution < 1.29 is 14.3 Å². The van der Waals surface area contributed by atoms with Crippen LogP contribution in [0.5, 0.6) is 5.75 Å². The molecule has 1 aliphatic heterocycles. The van der Waals surface area contributed by atoms with E-state index < -0.39 is 0 Å². The molecule has 2 N–H and O–H groups in total. The second-order valence-corrected chi connectivity index (χ2v) is 8.02. The number of nitrogens with zero attached hydrogens (tertiary/aromatic N) is 2. The standard InChI is InChI=1S/C26H28N4O3/c1-33-22-10-8-20(9-11-22)25(31)29-21-12-15-30(16-13-21)24-7-3-2-6-23(24)26(32)28-18-19-5-4-14-27-17-19/h2-11,14,17,21H,12-13,15-16,18H2,1H3,(H,28,32)(H,29,31). The van der Waals surface area contributed by atoms with Gasteiger partial charge in [0.05, 0.1) is 12.7 Å². The van der Waals surface area contributed by atoms with Crippen LogP contribution in [0.3, 0.4) is 0 Å². The normalized spacial score (nSPS) is 13.9. The van der Waals surface area contributed by atoms with Crippen LogP contribution in [0.1, 0.15) is 39.1 Å². The Morgan fingerprint density at radius 2 is 1.76 bits per heavy atom. The maximum Gasteiger partial charge on any atom is 0.253 e. The quantitative estimate of drug-likeness (QED) is 0.584. The first kappa shape index (κ1) is 22.3. The van der Waals surface area contributed by atoms with Gasteiger partial charge in [0.15, 0.2) is 0 Å². The van der Waals surface area contributed by atoms with E-state index in [0.29, 0.717) is 17.7 Å². The van der Waals surface area contributed by atoms with Crippen molar-refractivity contribution in [2.24, 2.45) is 0 Å². The molecule has 0 saturated carbocycles. The molecule has 0 bridgehead atoms. The van der Waals surface area contributed by atoms with Gasteiger partial charge in [-0.2, -0.15) is 0 Å². The van der Waals surface area contributed by atoms with Crippen LogP contribution in [0.25, 0.3) is 0 Å². The highest BCUT2D eigenvalue weighted by Crippen LogP contribution is 2.24. The molecule has 3 aromatic rings. The number of pyridine rings is 1. The van der Waals surface area contributed by atoms with Crippen LogP contribution in [0, 0.1) is 0 Å². The molecule has 0 unspecified atom stereocenters. The third kappa shape index (κ3) is 5.68. The van der Waals surface area contributed by atoms with Crippen LogP contribution < -0.4 is 20.3 Å². The van der Waals surface area contributed by atoms with Gasteiger partial charge in [0.1, 0.15) is 5.75 Å². The van der Waals surface area contributed by atoms with Gasteiger partial charge in [0.25, 0.3) is 11.8 Å². The maximum absolute atomic E-state index is 12.9. The van der Waals surface area contributed by atoms with E-state index in [1.54, 1.807) is 43.8 Å². The van der Waals surface area contributed by atoms with E-state index in [1.807, 2.05) is 36.4 Å². The monoisotopic (exact) mass is 444 g/mol. The number of piperidine rings is 1. The summed E-state index contributed by atoms with van der Waals surface area (Å²) in [6.07, 6.45) is 5.09. The van der Waals surface area contributed by atoms with Crippen molar-refractivity contribution in [1.29, 1.82) is 0 Å². The van der Waals surface area contributed by atoms with Gasteiger partial charge in [-0.3, -0.25) is 14.6 Å². The molecule has 7 heteroatoms. The van der Waals surface area contributed by atoms with E-state index >= 15 is 0 Å². The molecule has 1 fully saturated rings. The summed E-state index contributed by atoms with van der Waals surface area (Å²) in [5, 5.41) is 6.11. The number of amides is 2. The largest absolute Gasteiger partial charge is 0.497 e. The lowest BCUT2D eigenvalue weighted by Gasteiger charge is -2.35. The first-order valence-electron chi connectivity index (χ1n) is 11.1. The minimum absolute atomic E-state index is 0.0775. The Morgan fingerprint density at radius 1 is 1.00 bits per heavy atom.